The van der Waals surface area contributed by atoms with Crippen molar-refractivity contribution in [3.05, 3.63) is 35.4 Å². The van der Waals surface area contributed by atoms with Crippen LogP contribution in [0.15, 0.2) is 24.3 Å². The average Bonchev–Trinajstić information content (AvgIpc) is 3.36. The molecule has 2 N–H and O–H groups in total. The van der Waals surface area contributed by atoms with E-state index in [0.29, 0.717) is 0 Å². The highest BCUT2D eigenvalue weighted by Crippen LogP contribution is 2.55. The number of carbonyl (C=O) groups is 2. The van der Waals surface area contributed by atoms with Gasteiger partial charge in [-0.25, -0.2) is 9.59 Å². The molecule has 170 valence electrons. The Morgan fingerprint density at radius 1 is 1.16 bits per heavy atom. The molecule has 8 heteroatoms. The minimum Gasteiger partial charge on any atom is -0.480 e. The van der Waals surface area contributed by atoms with Crippen LogP contribution in [0, 0.1) is 0 Å². The number of amides is 1. The Bertz CT molecular complexity index is 840. The normalized spacial score (nSPS) is 22.0. The smallest absolute Gasteiger partial charge is 0.469 e. The fraction of sp³-hybridized carbons (Fsp3) is 0.652. The van der Waals surface area contributed by atoms with Crippen LogP contribution >= 0.6 is 0 Å². The van der Waals surface area contributed by atoms with Crippen LogP contribution in [-0.4, -0.2) is 47.1 Å². The van der Waals surface area contributed by atoms with Gasteiger partial charge < -0.3 is 24.5 Å². The first-order valence-corrected chi connectivity index (χ1v) is 10.8. The third kappa shape index (κ3) is 5.06. The first kappa shape index (κ1) is 23.6. The summed E-state index contributed by atoms with van der Waals surface area (Å²) < 4.78 is 17.8. The van der Waals surface area contributed by atoms with Crippen molar-refractivity contribution in [3.8, 4) is 0 Å². The lowest BCUT2D eigenvalue weighted by molar-refractivity contribution is -0.139. The molecule has 1 saturated carbocycles. The Balaban J connectivity index is 1.75. The maximum Gasteiger partial charge on any atom is 0.469 e. The monoisotopic (exact) mass is 431 g/mol. The highest BCUT2D eigenvalue weighted by Gasteiger charge is 2.65. The number of hydrogen-bond acceptors (Lipinski definition) is 5. The van der Waals surface area contributed by atoms with Crippen LogP contribution in [0.4, 0.5) is 4.79 Å². The van der Waals surface area contributed by atoms with Gasteiger partial charge in [0.2, 0.25) is 0 Å². The number of alkyl carbamates (subject to hydrolysis) is 1. The molecule has 31 heavy (non-hydrogen) atoms. The molecule has 1 atom stereocenters. The van der Waals surface area contributed by atoms with E-state index in [1.54, 1.807) is 20.8 Å². The lowest BCUT2D eigenvalue weighted by Gasteiger charge is -2.32. The SMILES string of the molecule is CC(C)(C)OC(=O)NC(Cc1cccc(C2(B3OC(C)(C)C(C)(C)O3)CC2)c1)C(=O)O. The summed E-state index contributed by atoms with van der Waals surface area (Å²) in [7, 11) is -0.345. The Morgan fingerprint density at radius 2 is 1.74 bits per heavy atom. The Morgan fingerprint density at radius 3 is 2.23 bits per heavy atom. The topological polar surface area (TPSA) is 94.1 Å². The van der Waals surface area contributed by atoms with Crippen LogP contribution < -0.4 is 5.32 Å². The lowest BCUT2D eigenvalue weighted by Crippen LogP contribution is -2.44. The fourth-order valence-corrected chi connectivity index (χ4v) is 3.76. The zero-order chi connectivity index (χ0) is 23.2. The van der Waals surface area contributed by atoms with Crippen LogP contribution in [0.25, 0.3) is 0 Å². The van der Waals surface area contributed by atoms with Gasteiger partial charge in [-0.15, -0.1) is 0 Å². The predicted molar refractivity (Wildman–Crippen MR) is 118 cm³/mol. The van der Waals surface area contributed by atoms with Crippen LogP contribution in [0.1, 0.15) is 72.4 Å². The number of rotatable bonds is 6. The van der Waals surface area contributed by atoms with Crippen molar-refractivity contribution < 1.29 is 28.7 Å². The minimum absolute atomic E-state index is 0.155. The van der Waals surface area contributed by atoms with Crippen LogP contribution in [0.2, 0.25) is 0 Å². The Kier molecular flexibility index (Phi) is 5.95. The molecule has 3 rings (SSSR count). The van der Waals surface area contributed by atoms with E-state index in [1.807, 2.05) is 52.0 Å². The standard InChI is InChI=1S/C23H34BNO6/c1-20(2,3)29-19(28)25-17(18(26)27)14-15-9-8-10-16(13-15)23(11-12-23)24-30-21(4,5)22(6,7)31-24/h8-10,13,17H,11-12,14H2,1-7H3,(H,25,28)(H,26,27). The molecule has 0 radical (unpaired) electrons. The Hall–Kier alpha value is -2.06. The van der Waals surface area contributed by atoms with Gasteiger partial charge in [-0.3, -0.25) is 0 Å². The number of carboxylic acids is 1. The van der Waals surface area contributed by atoms with Crippen LogP contribution in [0.3, 0.4) is 0 Å². The van der Waals surface area contributed by atoms with E-state index in [0.717, 1.165) is 24.0 Å². The van der Waals surface area contributed by atoms with Crippen LogP contribution in [0.5, 0.6) is 0 Å². The van der Waals surface area contributed by atoms with E-state index in [-0.39, 0.29) is 18.9 Å². The molecule has 1 aromatic rings. The summed E-state index contributed by atoms with van der Waals surface area (Å²) in [6, 6.07) is 6.75. The maximum absolute atomic E-state index is 12.1. The van der Waals surface area contributed by atoms with Gasteiger partial charge in [-0.2, -0.15) is 0 Å². The molecule has 1 aromatic carbocycles. The van der Waals surface area contributed by atoms with Crippen molar-refractivity contribution in [2.75, 3.05) is 0 Å². The fourth-order valence-electron chi connectivity index (χ4n) is 3.76. The number of hydrogen-bond donors (Lipinski definition) is 2. The summed E-state index contributed by atoms with van der Waals surface area (Å²) in [6.07, 6.45) is 1.31. The minimum atomic E-state index is -1.11. The predicted octanol–water partition coefficient (Wildman–Crippen LogP) is 3.87. The first-order chi connectivity index (χ1) is 14.2. The summed E-state index contributed by atoms with van der Waals surface area (Å²) in [5, 5.41) is 11.8. The molecule has 1 saturated heterocycles. The van der Waals surface area contributed by atoms with E-state index in [9.17, 15) is 14.7 Å². The number of aliphatic carboxylic acids is 1. The summed E-state index contributed by atoms with van der Waals surface area (Å²) >= 11 is 0. The van der Waals surface area contributed by atoms with Gasteiger partial charge in [0.25, 0.3) is 0 Å². The molecule has 1 aliphatic heterocycles. The zero-order valence-electron chi connectivity index (χ0n) is 19.6. The summed E-state index contributed by atoms with van der Waals surface area (Å²) in [4.78, 5) is 23.8. The molecular formula is C23H34BNO6. The molecule has 1 aliphatic carbocycles. The Labute approximate surface area is 185 Å². The van der Waals surface area contributed by atoms with Gasteiger partial charge in [0.05, 0.1) is 11.2 Å². The maximum atomic E-state index is 12.1. The van der Waals surface area contributed by atoms with Gasteiger partial charge in [0, 0.05) is 11.7 Å². The molecule has 2 fully saturated rings. The van der Waals surface area contributed by atoms with Gasteiger partial charge >= 0.3 is 19.2 Å². The molecule has 2 aliphatic rings. The van der Waals surface area contributed by atoms with E-state index >= 15 is 0 Å². The number of benzene rings is 1. The van der Waals surface area contributed by atoms with Gasteiger partial charge in [0.1, 0.15) is 11.6 Å². The van der Waals surface area contributed by atoms with E-state index in [2.05, 4.69) is 5.32 Å². The van der Waals surface area contributed by atoms with Gasteiger partial charge in [-0.1, -0.05) is 24.3 Å². The molecule has 7 nitrogen and oxygen atoms in total. The molecular weight excluding hydrogens is 397 g/mol. The lowest BCUT2D eigenvalue weighted by atomic mass is 9.64. The second-order valence-corrected chi connectivity index (χ2v) is 10.7. The first-order valence-electron chi connectivity index (χ1n) is 10.8. The summed E-state index contributed by atoms with van der Waals surface area (Å²) in [5.41, 5.74) is 0.384. The number of carboxylic acid groups (broad SMARTS) is 1. The molecule has 0 aromatic heterocycles. The second kappa shape index (κ2) is 7.82. The van der Waals surface area contributed by atoms with E-state index < -0.39 is 34.9 Å². The van der Waals surface area contributed by atoms with Crippen molar-refractivity contribution in [2.45, 2.75) is 95.9 Å². The zero-order valence-corrected chi connectivity index (χ0v) is 19.6. The van der Waals surface area contributed by atoms with E-state index in [4.69, 9.17) is 14.0 Å². The third-order valence-corrected chi connectivity index (χ3v) is 6.42. The number of nitrogens with one attached hydrogen (secondary N) is 1. The summed E-state index contributed by atoms with van der Waals surface area (Å²) in [5.74, 6) is -1.11. The summed E-state index contributed by atoms with van der Waals surface area (Å²) in [6.45, 7) is 13.4. The number of carbonyl (C=O) groups excluding carboxylic acids is 1. The van der Waals surface area contributed by atoms with Gasteiger partial charge in [-0.05, 0) is 72.4 Å². The van der Waals surface area contributed by atoms with Crippen LogP contribution in [-0.2, 0) is 30.6 Å². The van der Waals surface area contributed by atoms with Crippen molar-refractivity contribution in [1.82, 2.24) is 5.32 Å². The quantitative estimate of drug-likeness (QED) is 0.665. The second-order valence-electron chi connectivity index (χ2n) is 10.7. The van der Waals surface area contributed by atoms with Crippen molar-refractivity contribution in [1.29, 1.82) is 0 Å². The molecule has 1 heterocycles. The number of ether oxygens (including phenoxy) is 1. The van der Waals surface area contributed by atoms with Crippen molar-refractivity contribution in [3.63, 3.8) is 0 Å². The third-order valence-electron chi connectivity index (χ3n) is 6.42. The largest absolute Gasteiger partial charge is 0.480 e. The average molecular weight is 431 g/mol. The van der Waals surface area contributed by atoms with Crippen molar-refractivity contribution in [2.24, 2.45) is 0 Å². The molecule has 0 spiro atoms. The molecule has 1 amide bonds. The molecule has 1 unspecified atom stereocenters. The highest BCUT2D eigenvalue weighted by atomic mass is 16.7. The highest BCUT2D eigenvalue weighted by molar-refractivity contribution is 6.51. The van der Waals surface area contributed by atoms with Gasteiger partial charge in [0.15, 0.2) is 0 Å². The molecule has 0 bridgehead atoms. The van der Waals surface area contributed by atoms with E-state index in [1.165, 1.54) is 0 Å². The van der Waals surface area contributed by atoms with Crippen molar-refractivity contribution >= 4 is 19.2 Å².